The van der Waals surface area contributed by atoms with Crippen molar-refractivity contribution in [2.24, 2.45) is 7.05 Å². The Morgan fingerprint density at radius 2 is 1.94 bits per heavy atom. The van der Waals surface area contributed by atoms with Gasteiger partial charge in [0.2, 0.25) is 0 Å². The first-order chi connectivity index (χ1) is 8.51. The molecule has 0 fully saturated rings. The standard InChI is InChI=1S/C15H19NO2/c1-5-10-7-11(15(17)18)8-13-12(6-2)9(3)16(4)14(10)13/h7-8H,5-6H2,1-4H3,(H,17,18). The van der Waals surface area contributed by atoms with E-state index in [1.165, 1.54) is 16.8 Å². The summed E-state index contributed by atoms with van der Waals surface area (Å²) in [6.07, 6.45) is 1.77. The van der Waals surface area contributed by atoms with Crippen LogP contribution in [0.3, 0.4) is 0 Å². The highest BCUT2D eigenvalue weighted by atomic mass is 16.4. The first-order valence-electron chi connectivity index (χ1n) is 6.35. The lowest BCUT2D eigenvalue weighted by Gasteiger charge is -2.06. The molecule has 1 aromatic carbocycles. The van der Waals surface area contributed by atoms with Crippen molar-refractivity contribution in [2.45, 2.75) is 33.6 Å². The smallest absolute Gasteiger partial charge is 0.335 e. The van der Waals surface area contributed by atoms with Crippen LogP contribution in [0, 0.1) is 6.92 Å². The van der Waals surface area contributed by atoms with Crippen molar-refractivity contribution in [1.29, 1.82) is 0 Å². The summed E-state index contributed by atoms with van der Waals surface area (Å²) in [6, 6.07) is 3.60. The predicted molar refractivity (Wildman–Crippen MR) is 73.4 cm³/mol. The number of benzene rings is 1. The van der Waals surface area contributed by atoms with Crippen LogP contribution < -0.4 is 0 Å². The van der Waals surface area contributed by atoms with Crippen molar-refractivity contribution in [3.05, 3.63) is 34.5 Å². The zero-order chi connectivity index (χ0) is 13.4. The molecule has 0 saturated carbocycles. The molecule has 0 aliphatic carbocycles. The molecule has 0 radical (unpaired) electrons. The Labute approximate surface area is 107 Å². The second-order valence-corrected chi connectivity index (χ2v) is 4.67. The number of carboxylic acids is 1. The van der Waals surface area contributed by atoms with E-state index in [9.17, 15) is 9.90 Å². The molecule has 0 aliphatic heterocycles. The number of hydrogen-bond acceptors (Lipinski definition) is 1. The van der Waals surface area contributed by atoms with Gasteiger partial charge in [-0.15, -0.1) is 0 Å². The minimum absolute atomic E-state index is 0.389. The summed E-state index contributed by atoms with van der Waals surface area (Å²) < 4.78 is 2.18. The number of carbonyl (C=O) groups is 1. The van der Waals surface area contributed by atoms with Gasteiger partial charge < -0.3 is 9.67 Å². The van der Waals surface area contributed by atoms with E-state index in [4.69, 9.17) is 0 Å². The van der Waals surface area contributed by atoms with Crippen molar-refractivity contribution >= 4 is 16.9 Å². The largest absolute Gasteiger partial charge is 0.478 e. The SMILES string of the molecule is CCc1c(C)n(C)c2c(CC)cc(C(=O)O)cc12. The van der Waals surface area contributed by atoms with E-state index in [-0.39, 0.29) is 0 Å². The summed E-state index contributed by atoms with van der Waals surface area (Å²) in [5.41, 5.74) is 5.15. The Balaban J connectivity index is 2.92. The van der Waals surface area contributed by atoms with E-state index in [1.54, 1.807) is 6.07 Å². The first kappa shape index (κ1) is 12.7. The Hall–Kier alpha value is -1.77. The quantitative estimate of drug-likeness (QED) is 0.901. The minimum atomic E-state index is -0.852. The van der Waals surface area contributed by atoms with Gasteiger partial charge in [0.25, 0.3) is 0 Å². The van der Waals surface area contributed by atoms with E-state index in [0.29, 0.717) is 5.56 Å². The minimum Gasteiger partial charge on any atom is -0.478 e. The molecule has 2 aromatic rings. The van der Waals surface area contributed by atoms with Gasteiger partial charge in [-0.3, -0.25) is 0 Å². The number of aryl methyl sites for hydroxylation is 3. The van der Waals surface area contributed by atoms with Crippen LogP contribution in [0.5, 0.6) is 0 Å². The van der Waals surface area contributed by atoms with Crippen LogP contribution in [0.4, 0.5) is 0 Å². The van der Waals surface area contributed by atoms with Crippen LogP contribution in [0.25, 0.3) is 10.9 Å². The second-order valence-electron chi connectivity index (χ2n) is 4.67. The molecular weight excluding hydrogens is 226 g/mol. The molecule has 18 heavy (non-hydrogen) atoms. The molecule has 3 nitrogen and oxygen atoms in total. The van der Waals surface area contributed by atoms with E-state index >= 15 is 0 Å². The molecule has 0 spiro atoms. The molecule has 0 bridgehead atoms. The Morgan fingerprint density at radius 3 is 2.44 bits per heavy atom. The summed E-state index contributed by atoms with van der Waals surface area (Å²) >= 11 is 0. The maximum atomic E-state index is 11.2. The van der Waals surface area contributed by atoms with Crippen LogP contribution in [0.1, 0.15) is 41.0 Å². The number of aromatic nitrogens is 1. The number of fused-ring (bicyclic) bond motifs is 1. The monoisotopic (exact) mass is 245 g/mol. The van der Waals surface area contributed by atoms with Crippen molar-refractivity contribution in [2.75, 3.05) is 0 Å². The average molecular weight is 245 g/mol. The van der Waals surface area contributed by atoms with Gasteiger partial charge in [-0.25, -0.2) is 4.79 Å². The van der Waals surface area contributed by atoms with Crippen LogP contribution >= 0.6 is 0 Å². The predicted octanol–water partition coefficient (Wildman–Crippen LogP) is 3.31. The van der Waals surface area contributed by atoms with Gasteiger partial charge in [0, 0.05) is 18.1 Å². The third kappa shape index (κ3) is 1.70. The maximum absolute atomic E-state index is 11.2. The topological polar surface area (TPSA) is 42.2 Å². The summed E-state index contributed by atoms with van der Waals surface area (Å²) in [4.78, 5) is 11.2. The van der Waals surface area contributed by atoms with Gasteiger partial charge in [0.15, 0.2) is 0 Å². The van der Waals surface area contributed by atoms with E-state index in [1.807, 2.05) is 6.07 Å². The first-order valence-corrected chi connectivity index (χ1v) is 6.35. The lowest BCUT2D eigenvalue weighted by molar-refractivity contribution is 0.0697. The van der Waals surface area contributed by atoms with E-state index < -0.39 is 5.97 Å². The normalized spacial score (nSPS) is 11.1. The fraction of sp³-hybridized carbons (Fsp3) is 0.400. The van der Waals surface area contributed by atoms with Crippen LogP contribution in [-0.4, -0.2) is 15.6 Å². The van der Waals surface area contributed by atoms with E-state index in [0.717, 1.165) is 23.8 Å². The summed E-state index contributed by atoms with van der Waals surface area (Å²) in [6.45, 7) is 6.27. The third-order valence-electron chi connectivity index (χ3n) is 3.77. The molecule has 1 aromatic heterocycles. The molecule has 96 valence electrons. The molecule has 0 saturated heterocycles. The summed E-state index contributed by atoms with van der Waals surface area (Å²) in [7, 11) is 2.05. The van der Waals surface area contributed by atoms with Crippen molar-refractivity contribution < 1.29 is 9.90 Å². The zero-order valence-electron chi connectivity index (χ0n) is 11.4. The lowest BCUT2D eigenvalue weighted by Crippen LogP contribution is -2.00. The number of hydrogen-bond donors (Lipinski definition) is 1. The van der Waals surface area contributed by atoms with Gasteiger partial charge in [-0.1, -0.05) is 13.8 Å². The van der Waals surface area contributed by atoms with Crippen LogP contribution in [0.2, 0.25) is 0 Å². The Bertz CT molecular complexity index is 623. The third-order valence-corrected chi connectivity index (χ3v) is 3.77. The molecule has 0 unspecified atom stereocenters. The number of rotatable bonds is 3. The number of nitrogens with zero attached hydrogens (tertiary/aromatic N) is 1. The highest BCUT2D eigenvalue weighted by Crippen LogP contribution is 2.30. The Kier molecular flexibility index (Phi) is 3.16. The van der Waals surface area contributed by atoms with Gasteiger partial charge >= 0.3 is 5.97 Å². The second kappa shape index (κ2) is 4.48. The molecule has 0 amide bonds. The lowest BCUT2D eigenvalue weighted by atomic mass is 10.0. The van der Waals surface area contributed by atoms with Crippen LogP contribution in [-0.2, 0) is 19.9 Å². The molecule has 1 heterocycles. The van der Waals surface area contributed by atoms with Gasteiger partial charge in [-0.05, 0) is 43.0 Å². The molecule has 1 N–H and O–H groups in total. The zero-order valence-corrected chi connectivity index (χ0v) is 11.4. The highest BCUT2D eigenvalue weighted by molar-refractivity contribution is 5.97. The Morgan fingerprint density at radius 1 is 1.28 bits per heavy atom. The number of carboxylic acid groups (broad SMARTS) is 1. The molecule has 0 atom stereocenters. The molecule has 3 heteroatoms. The van der Waals surface area contributed by atoms with Crippen molar-refractivity contribution in [3.8, 4) is 0 Å². The van der Waals surface area contributed by atoms with Crippen molar-refractivity contribution in [3.63, 3.8) is 0 Å². The fourth-order valence-electron chi connectivity index (χ4n) is 2.73. The van der Waals surface area contributed by atoms with Crippen molar-refractivity contribution in [1.82, 2.24) is 4.57 Å². The molecular formula is C15H19NO2. The summed E-state index contributed by atoms with van der Waals surface area (Å²) in [5.74, 6) is -0.852. The maximum Gasteiger partial charge on any atom is 0.335 e. The van der Waals surface area contributed by atoms with Gasteiger partial charge in [-0.2, -0.15) is 0 Å². The van der Waals surface area contributed by atoms with Gasteiger partial charge in [0.1, 0.15) is 0 Å². The van der Waals surface area contributed by atoms with Crippen LogP contribution in [0.15, 0.2) is 12.1 Å². The molecule has 2 rings (SSSR count). The molecule has 0 aliphatic rings. The fourth-order valence-corrected chi connectivity index (χ4v) is 2.73. The highest BCUT2D eigenvalue weighted by Gasteiger charge is 2.16. The summed E-state index contributed by atoms with van der Waals surface area (Å²) in [5, 5.41) is 10.3. The number of aromatic carboxylic acids is 1. The van der Waals surface area contributed by atoms with E-state index in [2.05, 4.69) is 32.4 Å². The van der Waals surface area contributed by atoms with Gasteiger partial charge in [0.05, 0.1) is 11.1 Å². The average Bonchev–Trinajstić information content (AvgIpc) is 2.60.